The van der Waals surface area contributed by atoms with Crippen molar-refractivity contribution < 1.29 is 17.9 Å². The molecule has 0 fully saturated rings. The molecule has 0 spiro atoms. The van der Waals surface area contributed by atoms with E-state index in [2.05, 4.69) is 4.72 Å². The summed E-state index contributed by atoms with van der Waals surface area (Å²) < 4.78 is 32.3. The largest absolute Gasteiger partial charge is 0.444 e. The molecule has 0 bridgehead atoms. The average Bonchev–Trinajstić information content (AvgIpc) is 2.42. The molecule has 7 nitrogen and oxygen atoms in total. The van der Waals surface area contributed by atoms with Gasteiger partial charge in [-0.25, -0.2) is 9.52 Å². The molecule has 0 aliphatic heterocycles. The van der Waals surface area contributed by atoms with E-state index in [1.165, 1.54) is 0 Å². The highest BCUT2D eigenvalue weighted by Crippen LogP contribution is 2.16. The summed E-state index contributed by atoms with van der Waals surface area (Å²) in [4.78, 5) is 11.5. The summed E-state index contributed by atoms with van der Waals surface area (Å²) >= 11 is 0. The van der Waals surface area contributed by atoms with Crippen molar-refractivity contribution in [1.29, 1.82) is 0 Å². The van der Waals surface area contributed by atoms with Gasteiger partial charge in [0.1, 0.15) is 6.61 Å². The molecule has 0 radical (unpaired) electrons. The van der Waals surface area contributed by atoms with E-state index in [1.807, 2.05) is 26.8 Å². The fourth-order valence-corrected chi connectivity index (χ4v) is 2.15. The number of nitrogens with two attached hydrogens (primary N) is 1. The Hall–Kier alpha value is -1.64. The van der Waals surface area contributed by atoms with Crippen LogP contribution in [0.25, 0.3) is 0 Å². The molecule has 1 atom stereocenters. The molecule has 1 rings (SSSR count). The molecule has 0 saturated heterocycles. The Labute approximate surface area is 131 Å². The minimum Gasteiger partial charge on any atom is -0.444 e. The predicted molar refractivity (Wildman–Crippen MR) is 84.1 cm³/mol. The summed E-state index contributed by atoms with van der Waals surface area (Å²) in [5.41, 5.74) is 6.36. The maximum Gasteiger partial charge on any atom is 0.422 e. The molecule has 0 aromatic heterocycles. The lowest BCUT2D eigenvalue weighted by Crippen LogP contribution is -2.49. The molecule has 124 valence electrons. The molecular formula is C14H23N3O4S. The second kappa shape index (κ2) is 7.57. The number of amides is 1. The van der Waals surface area contributed by atoms with Gasteiger partial charge in [0.15, 0.2) is 0 Å². The summed E-state index contributed by atoms with van der Waals surface area (Å²) in [6.45, 7) is 5.70. The van der Waals surface area contributed by atoms with E-state index in [4.69, 9.17) is 10.5 Å². The van der Waals surface area contributed by atoms with Crippen molar-refractivity contribution in [2.45, 2.75) is 33.4 Å². The summed E-state index contributed by atoms with van der Waals surface area (Å²) in [6.07, 6.45) is -1.04. The van der Waals surface area contributed by atoms with Crippen LogP contribution >= 0.6 is 0 Å². The normalized spacial score (nSPS) is 13.5. The molecule has 1 amide bonds. The minimum atomic E-state index is -4.00. The third-order valence-electron chi connectivity index (χ3n) is 3.04. The van der Waals surface area contributed by atoms with Gasteiger partial charge in [0, 0.05) is 12.6 Å². The first kappa shape index (κ1) is 18.4. The van der Waals surface area contributed by atoms with Gasteiger partial charge in [-0.2, -0.15) is 13.1 Å². The van der Waals surface area contributed by atoms with Gasteiger partial charge < -0.3 is 10.5 Å². The van der Waals surface area contributed by atoms with Crippen LogP contribution in [0.4, 0.5) is 4.79 Å². The SMILES string of the molecule is CC(C)(C)[C@H](N)CNS(=O)(=O)NC(=O)OCc1ccccc1. The Balaban J connectivity index is 2.42. The number of rotatable bonds is 6. The first-order chi connectivity index (χ1) is 10.1. The molecule has 0 unspecified atom stereocenters. The Bertz CT molecular complexity index is 582. The van der Waals surface area contributed by atoms with Crippen LogP contribution in [0.2, 0.25) is 0 Å². The highest BCUT2D eigenvalue weighted by atomic mass is 32.2. The highest BCUT2D eigenvalue weighted by Gasteiger charge is 2.23. The zero-order valence-corrected chi connectivity index (χ0v) is 13.8. The van der Waals surface area contributed by atoms with Crippen LogP contribution in [-0.4, -0.2) is 27.1 Å². The predicted octanol–water partition coefficient (Wildman–Crippen LogP) is 1.12. The molecule has 0 aliphatic rings. The lowest BCUT2D eigenvalue weighted by molar-refractivity contribution is 0.146. The molecule has 4 N–H and O–H groups in total. The van der Waals surface area contributed by atoms with E-state index in [0.29, 0.717) is 0 Å². The summed E-state index contributed by atoms with van der Waals surface area (Å²) in [5, 5.41) is 0. The average molecular weight is 329 g/mol. The van der Waals surface area contributed by atoms with E-state index >= 15 is 0 Å². The summed E-state index contributed by atoms with van der Waals surface area (Å²) in [5.74, 6) is 0. The number of carbonyl (C=O) groups excluding carboxylic acids is 1. The first-order valence-electron chi connectivity index (χ1n) is 6.84. The lowest BCUT2D eigenvalue weighted by atomic mass is 9.88. The smallest absolute Gasteiger partial charge is 0.422 e. The van der Waals surface area contributed by atoms with Crippen molar-refractivity contribution in [1.82, 2.24) is 9.44 Å². The fraction of sp³-hybridized carbons (Fsp3) is 0.500. The monoisotopic (exact) mass is 329 g/mol. The Morgan fingerprint density at radius 2 is 1.86 bits per heavy atom. The zero-order chi connectivity index (χ0) is 16.8. The third-order valence-corrected chi connectivity index (χ3v) is 4.02. The summed E-state index contributed by atoms with van der Waals surface area (Å²) in [7, 11) is -4.00. The molecular weight excluding hydrogens is 306 g/mol. The van der Waals surface area contributed by atoms with Crippen LogP contribution < -0.4 is 15.2 Å². The van der Waals surface area contributed by atoms with Gasteiger partial charge in [-0.15, -0.1) is 0 Å². The van der Waals surface area contributed by atoms with E-state index in [1.54, 1.807) is 29.0 Å². The highest BCUT2D eigenvalue weighted by molar-refractivity contribution is 7.88. The van der Waals surface area contributed by atoms with Crippen LogP contribution in [0.3, 0.4) is 0 Å². The van der Waals surface area contributed by atoms with Crippen molar-refractivity contribution in [3.05, 3.63) is 35.9 Å². The van der Waals surface area contributed by atoms with Crippen LogP contribution in [0.5, 0.6) is 0 Å². The van der Waals surface area contributed by atoms with E-state index in [-0.39, 0.29) is 24.6 Å². The van der Waals surface area contributed by atoms with E-state index in [9.17, 15) is 13.2 Å². The number of ether oxygens (including phenoxy) is 1. The van der Waals surface area contributed by atoms with Gasteiger partial charge in [0.25, 0.3) is 0 Å². The molecule has 1 aromatic carbocycles. The van der Waals surface area contributed by atoms with Crippen molar-refractivity contribution in [3.63, 3.8) is 0 Å². The van der Waals surface area contributed by atoms with Crippen LogP contribution in [0.1, 0.15) is 26.3 Å². The second-order valence-electron chi connectivity index (χ2n) is 5.99. The van der Waals surface area contributed by atoms with Gasteiger partial charge >= 0.3 is 16.3 Å². The van der Waals surface area contributed by atoms with Gasteiger partial charge in [-0.05, 0) is 11.0 Å². The quantitative estimate of drug-likeness (QED) is 0.724. The molecule has 0 aliphatic carbocycles. The van der Waals surface area contributed by atoms with Crippen molar-refractivity contribution in [2.75, 3.05) is 6.54 Å². The summed E-state index contributed by atoms with van der Waals surface area (Å²) in [6, 6.07) is 8.57. The number of hydrogen-bond acceptors (Lipinski definition) is 5. The Morgan fingerprint density at radius 3 is 2.41 bits per heavy atom. The third kappa shape index (κ3) is 6.88. The molecule has 8 heteroatoms. The number of benzene rings is 1. The molecule has 1 aromatic rings. The van der Waals surface area contributed by atoms with Crippen molar-refractivity contribution >= 4 is 16.3 Å². The zero-order valence-electron chi connectivity index (χ0n) is 13.0. The molecule has 0 heterocycles. The topological polar surface area (TPSA) is 111 Å². The maximum atomic E-state index is 11.7. The van der Waals surface area contributed by atoms with Crippen molar-refractivity contribution in [2.24, 2.45) is 11.1 Å². The van der Waals surface area contributed by atoms with Crippen LogP contribution in [-0.2, 0) is 21.6 Å². The van der Waals surface area contributed by atoms with Crippen LogP contribution in [0, 0.1) is 5.41 Å². The molecule has 22 heavy (non-hydrogen) atoms. The van der Waals surface area contributed by atoms with E-state index in [0.717, 1.165) is 5.56 Å². The number of hydrogen-bond donors (Lipinski definition) is 3. The van der Waals surface area contributed by atoms with Gasteiger partial charge in [-0.3, -0.25) is 0 Å². The number of carbonyl (C=O) groups is 1. The number of nitrogens with one attached hydrogen (secondary N) is 2. The van der Waals surface area contributed by atoms with E-state index < -0.39 is 16.3 Å². The van der Waals surface area contributed by atoms with Crippen molar-refractivity contribution in [3.8, 4) is 0 Å². The van der Waals surface area contributed by atoms with Gasteiger partial charge in [-0.1, -0.05) is 51.1 Å². The standard InChI is InChI=1S/C14H23N3O4S/c1-14(2,3)12(15)9-16-22(19,20)17-13(18)21-10-11-7-5-4-6-8-11/h4-8,12,16H,9-10,15H2,1-3H3,(H,17,18)/t12-/m1/s1. The van der Waals surface area contributed by atoms with Gasteiger partial charge in [0.2, 0.25) is 0 Å². The first-order valence-corrected chi connectivity index (χ1v) is 8.32. The fourth-order valence-electron chi connectivity index (χ4n) is 1.40. The Morgan fingerprint density at radius 1 is 1.27 bits per heavy atom. The second-order valence-corrected chi connectivity index (χ2v) is 7.49. The lowest BCUT2D eigenvalue weighted by Gasteiger charge is -2.26. The minimum absolute atomic E-state index is 0.0102. The van der Waals surface area contributed by atoms with Gasteiger partial charge in [0.05, 0.1) is 0 Å². The van der Waals surface area contributed by atoms with Crippen LogP contribution in [0.15, 0.2) is 30.3 Å². The molecule has 0 saturated carbocycles. The maximum absolute atomic E-state index is 11.7. The Kier molecular flexibility index (Phi) is 6.34.